The summed E-state index contributed by atoms with van der Waals surface area (Å²) in [5, 5.41) is 14.0. The third-order valence-electron chi connectivity index (χ3n) is 4.34. The van der Waals surface area contributed by atoms with Gasteiger partial charge in [0, 0.05) is 24.9 Å². The Morgan fingerprint density at radius 1 is 1.28 bits per heavy atom. The Morgan fingerprint density at radius 2 is 2.11 bits per heavy atom. The first kappa shape index (κ1) is 12.1. The molecule has 0 aromatic carbocycles. The van der Waals surface area contributed by atoms with E-state index in [0.717, 1.165) is 37.5 Å². The second-order valence-corrected chi connectivity index (χ2v) is 5.61. The topological polar surface area (TPSA) is 54.2 Å². The van der Waals surface area contributed by atoms with Gasteiger partial charge in [-0.2, -0.15) is 5.10 Å². The highest BCUT2D eigenvalue weighted by atomic mass is 16.3. The van der Waals surface area contributed by atoms with Crippen molar-refractivity contribution in [2.24, 2.45) is 0 Å². The molecule has 5 heteroatoms. The van der Waals surface area contributed by atoms with Gasteiger partial charge in [0.15, 0.2) is 5.82 Å². The van der Waals surface area contributed by atoms with E-state index in [1.165, 1.54) is 19.4 Å². The number of aliphatic hydroxyl groups is 1. The summed E-state index contributed by atoms with van der Waals surface area (Å²) in [6.45, 7) is 2.35. The van der Waals surface area contributed by atoms with Crippen molar-refractivity contribution in [2.75, 3.05) is 20.2 Å². The maximum atomic E-state index is 9.38. The first-order valence-corrected chi connectivity index (χ1v) is 7.02. The lowest BCUT2D eigenvalue weighted by molar-refractivity contribution is 0.234. The first-order chi connectivity index (χ1) is 8.78. The lowest BCUT2D eigenvalue weighted by Gasteiger charge is -2.19. The molecule has 0 radical (unpaired) electrons. The van der Waals surface area contributed by atoms with E-state index in [1.807, 2.05) is 4.68 Å². The summed E-state index contributed by atoms with van der Waals surface area (Å²) in [5.74, 6) is 2.16. The Bertz CT molecular complexity index is 417. The fraction of sp³-hybridized carbons (Fsp3) is 0.846. The van der Waals surface area contributed by atoms with E-state index in [1.54, 1.807) is 0 Å². The Balaban J connectivity index is 1.76. The van der Waals surface area contributed by atoms with Crippen LogP contribution in [0.25, 0.3) is 0 Å². The zero-order valence-electron chi connectivity index (χ0n) is 11.0. The predicted molar refractivity (Wildman–Crippen MR) is 68.4 cm³/mol. The molecule has 3 heterocycles. The summed E-state index contributed by atoms with van der Waals surface area (Å²) in [6.07, 6.45) is 5.63. The monoisotopic (exact) mass is 250 g/mol. The van der Waals surface area contributed by atoms with E-state index in [0.29, 0.717) is 6.04 Å². The highest BCUT2D eigenvalue weighted by Gasteiger charge is 2.26. The third kappa shape index (κ3) is 2.17. The quantitative estimate of drug-likeness (QED) is 0.861. The molecular formula is C13H22N4O. The molecule has 1 saturated heterocycles. The molecule has 2 atom stereocenters. The summed E-state index contributed by atoms with van der Waals surface area (Å²) in [5.41, 5.74) is 0. The van der Waals surface area contributed by atoms with Crippen LogP contribution in [0.5, 0.6) is 0 Å². The van der Waals surface area contributed by atoms with Crippen LogP contribution in [0, 0.1) is 0 Å². The van der Waals surface area contributed by atoms with E-state index < -0.39 is 0 Å². The van der Waals surface area contributed by atoms with E-state index >= 15 is 0 Å². The van der Waals surface area contributed by atoms with Crippen LogP contribution in [-0.4, -0.2) is 51.0 Å². The van der Waals surface area contributed by atoms with E-state index in [2.05, 4.69) is 22.0 Å². The Morgan fingerprint density at radius 3 is 2.83 bits per heavy atom. The number of likely N-dealkylation sites (tertiary alicyclic amines) is 1. The van der Waals surface area contributed by atoms with Crippen LogP contribution in [0.4, 0.5) is 0 Å². The van der Waals surface area contributed by atoms with E-state index in [-0.39, 0.29) is 12.5 Å². The maximum absolute atomic E-state index is 9.38. The van der Waals surface area contributed by atoms with E-state index in [4.69, 9.17) is 0 Å². The lowest BCUT2D eigenvalue weighted by Crippen LogP contribution is -2.27. The predicted octanol–water partition coefficient (Wildman–Crippen LogP) is 0.784. The van der Waals surface area contributed by atoms with Crippen molar-refractivity contribution in [1.82, 2.24) is 19.7 Å². The fourth-order valence-electron chi connectivity index (χ4n) is 3.19. The van der Waals surface area contributed by atoms with Crippen molar-refractivity contribution < 1.29 is 5.11 Å². The van der Waals surface area contributed by atoms with Gasteiger partial charge < -0.3 is 10.0 Å². The van der Waals surface area contributed by atoms with Crippen molar-refractivity contribution in [3.05, 3.63) is 11.6 Å². The fourth-order valence-corrected chi connectivity index (χ4v) is 3.19. The standard InChI is InChI=1S/C13H22N4O/c1-16-6-3-5-11(16)8-12-14-13-10(9-18)4-2-7-17(13)15-12/h10-11,18H,2-9H2,1H3. The molecule has 1 aromatic heterocycles. The van der Waals surface area contributed by atoms with Crippen molar-refractivity contribution in [3.63, 3.8) is 0 Å². The van der Waals surface area contributed by atoms with Crippen LogP contribution in [0.1, 0.15) is 43.3 Å². The maximum Gasteiger partial charge on any atom is 0.152 e. The van der Waals surface area contributed by atoms with Gasteiger partial charge in [-0.1, -0.05) is 0 Å². The largest absolute Gasteiger partial charge is 0.396 e. The van der Waals surface area contributed by atoms with Gasteiger partial charge >= 0.3 is 0 Å². The normalized spacial score (nSPS) is 28.6. The highest BCUT2D eigenvalue weighted by molar-refractivity contribution is 5.04. The van der Waals surface area contributed by atoms with Gasteiger partial charge in [0.05, 0.1) is 6.61 Å². The molecule has 2 aliphatic heterocycles. The summed E-state index contributed by atoms with van der Waals surface area (Å²) >= 11 is 0. The van der Waals surface area contributed by atoms with Crippen LogP contribution in [0.2, 0.25) is 0 Å². The SMILES string of the molecule is CN1CCCC1Cc1nc2n(n1)CCCC2CO. The molecule has 18 heavy (non-hydrogen) atoms. The number of likely N-dealkylation sites (N-methyl/N-ethyl adjacent to an activating group) is 1. The minimum Gasteiger partial charge on any atom is -0.396 e. The van der Waals surface area contributed by atoms with Gasteiger partial charge in [-0.15, -0.1) is 0 Å². The number of aryl methyl sites for hydroxylation is 1. The molecule has 0 bridgehead atoms. The number of hydrogen-bond donors (Lipinski definition) is 1. The smallest absolute Gasteiger partial charge is 0.152 e. The minimum atomic E-state index is 0.196. The van der Waals surface area contributed by atoms with Crippen molar-refractivity contribution >= 4 is 0 Å². The minimum absolute atomic E-state index is 0.196. The van der Waals surface area contributed by atoms with Gasteiger partial charge in [0.25, 0.3) is 0 Å². The molecule has 1 fully saturated rings. The zero-order chi connectivity index (χ0) is 12.5. The van der Waals surface area contributed by atoms with Crippen molar-refractivity contribution in [3.8, 4) is 0 Å². The first-order valence-electron chi connectivity index (χ1n) is 7.02. The lowest BCUT2D eigenvalue weighted by atomic mass is 10.0. The Kier molecular flexibility index (Phi) is 3.35. The molecule has 3 rings (SSSR count). The summed E-state index contributed by atoms with van der Waals surface area (Å²) < 4.78 is 2.01. The van der Waals surface area contributed by atoms with Crippen LogP contribution in [0.15, 0.2) is 0 Å². The Hall–Kier alpha value is -0.940. The van der Waals surface area contributed by atoms with E-state index in [9.17, 15) is 5.11 Å². The highest BCUT2D eigenvalue weighted by Crippen LogP contribution is 2.26. The van der Waals surface area contributed by atoms with Gasteiger partial charge in [0.1, 0.15) is 5.82 Å². The molecule has 100 valence electrons. The average molecular weight is 250 g/mol. The molecule has 1 N–H and O–H groups in total. The van der Waals surface area contributed by atoms with Crippen LogP contribution < -0.4 is 0 Å². The molecule has 2 aliphatic rings. The zero-order valence-corrected chi connectivity index (χ0v) is 11.0. The molecule has 0 aliphatic carbocycles. The third-order valence-corrected chi connectivity index (χ3v) is 4.34. The second kappa shape index (κ2) is 4.97. The summed E-state index contributed by atoms with van der Waals surface area (Å²) in [7, 11) is 2.18. The molecule has 0 spiro atoms. The van der Waals surface area contributed by atoms with Crippen LogP contribution >= 0.6 is 0 Å². The van der Waals surface area contributed by atoms with Gasteiger partial charge in [-0.25, -0.2) is 9.67 Å². The van der Waals surface area contributed by atoms with Gasteiger partial charge in [-0.3, -0.25) is 0 Å². The Labute approximate surface area is 108 Å². The molecule has 0 saturated carbocycles. The molecule has 5 nitrogen and oxygen atoms in total. The number of fused-ring (bicyclic) bond motifs is 1. The second-order valence-electron chi connectivity index (χ2n) is 5.61. The van der Waals surface area contributed by atoms with Crippen LogP contribution in [0.3, 0.4) is 0 Å². The van der Waals surface area contributed by atoms with Gasteiger partial charge in [0.2, 0.25) is 0 Å². The number of aromatic nitrogens is 3. The molecular weight excluding hydrogens is 228 g/mol. The number of nitrogens with zero attached hydrogens (tertiary/aromatic N) is 4. The molecule has 0 amide bonds. The van der Waals surface area contributed by atoms with Gasteiger partial charge in [-0.05, 0) is 39.3 Å². The van der Waals surface area contributed by atoms with Crippen LogP contribution in [-0.2, 0) is 13.0 Å². The number of aliphatic hydroxyl groups excluding tert-OH is 1. The molecule has 1 aromatic rings. The molecule has 2 unspecified atom stereocenters. The van der Waals surface area contributed by atoms with Crippen molar-refractivity contribution in [1.29, 1.82) is 0 Å². The number of rotatable bonds is 3. The average Bonchev–Trinajstić information content (AvgIpc) is 2.95. The summed E-state index contributed by atoms with van der Waals surface area (Å²) in [4.78, 5) is 7.07. The van der Waals surface area contributed by atoms with Crippen molar-refractivity contribution in [2.45, 2.75) is 50.6 Å². The number of hydrogen-bond acceptors (Lipinski definition) is 4. The summed E-state index contributed by atoms with van der Waals surface area (Å²) in [6, 6.07) is 0.599.